The molecule has 1 aromatic rings. The van der Waals surface area contributed by atoms with Crippen molar-refractivity contribution in [2.24, 2.45) is 5.92 Å². The van der Waals surface area contributed by atoms with Crippen LogP contribution < -0.4 is 9.84 Å². The van der Waals surface area contributed by atoms with Crippen LogP contribution in [0.1, 0.15) is 43.2 Å². The summed E-state index contributed by atoms with van der Waals surface area (Å²) in [7, 11) is 2.36. The van der Waals surface area contributed by atoms with Crippen molar-refractivity contribution in [3.05, 3.63) is 35.4 Å². The Morgan fingerprint density at radius 3 is 2.92 bits per heavy atom. The average molecular weight is 353 g/mol. The highest BCUT2D eigenvalue weighted by molar-refractivity contribution is 5.63. The van der Waals surface area contributed by atoms with Crippen LogP contribution in [-0.2, 0) is 11.8 Å². The third-order valence-electron chi connectivity index (χ3n) is 8.41. The van der Waals surface area contributed by atoms with Gasteiger partial charge in [0.25, 0.3) is 0 Å². The zero-order valence-corrected chi connectivity index (χ0v) is 15.5. The second-order valence-electron chi connectivity index (χ2n) is 9.78. The molecule has 0 aromatic heterocycles. The van der Waals surface area contributed by atoms with E-state index in [9.17, 15) is 10.2 Å². The van der Waals surface area contributed by atoms with Gasteiger partial charge in [0.1, 0.15) is 23.5 Å². The van der Waals surface area contributed by atoms with Crippen LogP contribution in [-0.4, -0.2) is 47.5 Å². The minimum atomic E-state index is -0.799. The van der Waals surface area contributed by atoms with Crippen molar-refractivity contribution in [3.8, 4) is 11.5 Å². The van der Waals surface area contributed by atoms with E-state index in [2.05, 4.69) is 13.6 Å². The topological polar surface area (TPSA) is 52.5 Å². The summed E-state index contributed by atoms with van der Waals surface area (Å²) in [5.74, 6) is 1.29. The van der Waals surface area contributed by atoms with E-state index in [1.165, 1.54) is 24.9 Å². The summed E-state index contributed by atoms with van der Waals surface area (Å²) in [6.07, 6.45) is 5.72. The second-order valence-corrected chi connectivity index (χ2v) is 9.78. The second kappa shape index (κ2) is 4.48. The fraction of sp³-hybridized carbons (Fsp3) is 0.636. The molecule has 5 aliphatic rings. The number of likely N-dealkylation sites (N-methyl/N-ethyl adjacent to an activating group) is 1. The summed E-state index contributed by atoms with van der Waals surface area (Å²) in [5.41, 5.74) is 2.05. The molecule has 1 aromatic carbocycles. The van der Waals surface area contributed by atoms with Crippen molar-refractivity contribution in [3.63, 3.8) is 0 Å². The molecular weight excluding hydrogens is 326 g/mol. The maximum absolute atomic E-state index is 12.5. The predicted octanol–water partition coefficient (Wildman–Crippen LogP) is 2.03. The van der Waals surface area contributed by atoms with E-state index in [0.717, 1.165) is 53.8 Å². The van der Waals surface area contributed by atoms with Gasteiger partial charge in [-0.05, 0) is 36.8 Å². The molecular formula is C22H27NO3. The summed E-state index contributed by atoms with van der Waals surface area (Å²) in [6, 6.07) is 3.86. The first kappa shape index (κ1) is 15.5. The number of hydrogen-bond acceptors (Lipinski definition) is 3. The molecule has 3 fully saturated rings. The summed E-state index contributed by atoms with van der Waals surface area (Å²) in [5, 5.41) is 24.8. The molecule has 3 aliphatic carbocycles. The van der Waals surface area contributed by atoms with E-state index in [-0.39, 0.29) is 17.9 Å². The van der Waals surface area contributed by atoms with Gasteiger partial charge in [-0.15, -0.1) is 0 Å². The van der Waals surface area contributed by atoms with Crippen molar-refractivity contribution in [2.75, 3.05) is 20.1 Å². The Morgan fingerprint density at radius 1 is 1.35 bits per heavy atom. The van der Waals surface area contributed by atoms with Crippen molar-refractivity contribution >= 4 is 0 Å². The summed E-state index contributed by atoms with van der Waals surface area (Å²) in [6.45, 7) is 6.51. The van der Waals surface area contributed by atoms with Crippen LogP contribution in [0.2, 0.25) is 0 Å². The van der Waals surface area contributed by atoms with Crippen LogP contribution in [0.15, 0.2) is 24.3 Å². The first-order valence-electron chi connectivity index (χ1n) is 10.1. The Bertz CT molecular complexity index is 846. The number of aliphatic hydroxyl groups is 1. The Balaban J connectivity index is 1.60. The number of hydrogen-bond donors (Lipinski definition) is 1. The Morgan fingerprint density at radius 2 is 2.15 bits per heavy atom. The van der Waals surface area contributed by atoms with E-state index in [1.807, 2.05) is 6.07 Å². The van der Waals surface area contributed by atoms with Crippen LogP contribution >= 0.6 is 0 Å². The SMILES string of the molecule is C=C1CC[C@@]2(O)[C@H]3Cc4ccc([O-])c5c4C2(CC[N+]3(C)CC2CC2)[C@H]1O5. The van der Waals surface area contributed by atoms with E-state index in [4.69, 9.17) is 4.74 Å². The number of likely N-dealkylation sites (tertiary alicyclic amines) is 1. The van der Waals surface area contributed by atoms with Crippen LogP contribution in [0.5, 0.6) is 11.5 Å². The Kier molecular flexibility index (Phi) is 2.67. The molecule has 2 heterocycles. The molecule has 138 valence electrons. The van der Waals surface area contributed by atoms with Crippen molar-refractivity contribution in [1.29, 1.82) is 0 Å². The highest BCUT2D eigenvalue weighted by Crippen LogP contribution is 2.66. The van der Waals surface area contributed by atoms with E-state index in [0.29, 0.717) is 5.75 Å². The lowest BCUT2D eigenvalue weighted by atomic mass is 9.48. The monoisotopic (exact) mass is 353 g/mol. The molecule has 5 atom stereocenters. The summed E-state index contributed by atoms with van der Waals surface area (Å²) >= 11 is 0. The molecule has 1 N–H and O–H groups in total. The predicted molar refractivity (Wildman–Crippen MR) is 96.1 cm³/mol. The third kappa shape index (κ3) is 1.56. The van der Waals surface area contributed by atoms with Gasteiger partial charge in [0.2, 0.25) is 0 Å². The average Bonchev–Trinajstić information content (AvgIpc) is 3.32. The number of piperidine rings is 1. The van der Waals surface area contributed by atoms with Gasteiger partial charge in [0.15, 0.2) is 0 Å². The minimum absolute atomic E-state index is 0.0399. The Labute approximate surface area is 154 Å². The van der Waals surface area contributed by atoms with Gasteiger partial charge in [-0.2, -0.15) is 0 Å². The maximum atomic E-state index is 12.5. The quantitative estimate of drug-likeness (QED) is 0.654. The molecule has 1 saturated heterocycles. The van der Waals surface area contributed by atoms with Gasteiger partial charge < -0.3 is 19.4 Å². The minimum Gasteiger partial charge on any atom is -0.870 e. The zero-order valence-electron chi connectivity index (χ0n) is 15.5. The summed E-state index contributed by atoms with van der Waals surface area (Å²) in [4.78, 5) is 0. The maximum Gasteiger partial charge on any atom is 0.132 e. The van der Waals surface area contributed by atoms with Crippen LogP contribution in [0.25, 0.3) is 0 Å². The molecule has 4 nitrogen and oxygen atoms in total. The van der Waals surface area contributed by atoms with Gasteiger partial charge in [-0.25, -0.2) is 0 Å². The number of benzene rings is 1. The lowest BCUT2D eigenvalue weighted by molar-refractivity contribution is -0.950. The standard InChI is InChI=1S/C22H27NO3/c1-13-7-8-22(25)17-11-15-5-6-16(24)19-18(15)21(22,20(13)26-19)9-10-23(17,2)12-14-3-4-14/h5-6,14,17,20,25H,1,3-4,7-12H2,2H3/t17-,20+,21?,22-,23?/m1/s1. The lowest BCUT2D eigenvalue weighted by Crippen LogP contribution is -2.80. The van der Waals surface area contributed by atoms with Gasteiger partial charge in [-0.1, -0.05) is 24.5 Å². The summed E-state index contributed by atoms with van der Waals surface area (Å²) < 4.78 is 7.24. The fourth-order valence-corrected chi connectivity index (χ4v) is 7.06. The van der Waals surface area contributed by atoms with E-state index < -0.39 is 11.0 Å². The number of ether oxygens (including phenoxy) is 1. The number of quaternary nitrogens is 1. The molecule has 2 saturated carbocycles. The highest BCUT2D eigenvalue weighted by atomic mass is 16.5. The lowest BCUT2D eigenvalue weighted by Gasteiger charge is -2.65. The number of rotatable bonds is 2. The fourth-order valence-electron chi connectivity index (χ4n) is 7.06. The third-order valence-corrected chi connectivity index (χ3v) is 8.41. The molecule has 1 spiro atoms. The largest absolute Gasteiger partial charge is 0.870 e. The molecule has 4 heteroatoms. The smallest absolute Gasteiger partial charge is 0.132 e. The molecule has 26 heavy (non-hydrogen) atoms. The van der Waals surface area contributed by atoms with Gasteiger partial charge in [0.05, 0.1) is 25.6 Å². The van der Waals surface area contributed by atoms with Crippen LogP contribution in [0.4, 0.5) is 0 Å². The zero-order chi connectivity index (χ0) is 17.9. The van der Waals surface area contributed by atoms with Gasteiger partial charge in [-0.3, -0.25) is 0 Å². The van der Waals surface area contributed by atoms with Crippen molar-refractivity contribution in [1.82, 2.24) is 0 Å². The van der Waals surface area contributed by atoms with E-state index in [1.54, 1.807) is 6.07 Å². The molecule has 6 rings (SSSR count). The van der Waals surface area contributed by atoms with Crippen molar-refractivity contribution in [2.45, 2.75) is 61.7 Å². The highest BCUT2D eigenvalue weighted by Gasteiger charge is 2.75. The molecule has 2 bridgehead atoms. The first-order valence-corrected chi connectivity index (χ1v) is 10.1. The molecule has 2 unspecified atom stereocenters. The number of nitrogens with zero attached hydrogens (tertiary/aromatic N) is 1. The van der Waals surface area contributed by atoms with Gasteiger partial charge in [0, 0.05) is 24.3 Å². The molecule has 0 radical (unpaired) electrons. The molecule has 0 amide bonds. The van der Waals surface area contributed by atoms with Crippen molar-refractivity contribution < 1.29 is 19.4 Å². The van der Waals surface area contributed by atoms with Gasteiger partial charge >= 0.3 is 0 Å². The van der Waals surface area contributed by atoms with E-state index >= 15 is 0 Å². The van der Waals surface area contributed by atoms with Crippen LogP contribution in [0.3, 0.4) is 0 Å². The van der Waals surface area contributed by atoms with Crippen LogP contribution in [0, 0.1) is 5.92 Å². The molecule has 2 aliphatic heterocycles. The first-order chi connectivity index (χ1) is 12.4. The normalized spacial score (nSPS) is 45.2. The Hall–Kier alpha value is -1.52.